The van der Waals surface area contributed by atoms with E-state index in [1.54, 1.807) is 0 Å². The third-order valence-corrected chi connectivity index (χ3v) is 3.89. The van der Waals surface area contributed by atoms with Crippen LogP contribution in [0.25, 0.3) is 32.7 Å². The van der Waals surface area contributed by atoms with Crippen molar-refractivity contribution in [3.8, 4) is 11.1 Å². The molecule has 0 heterocycles. The molecule has 41 radical (unpaired) electrons. The molecule has 0 saturated heterocycles. The first-order valence-electron chi connectivity index (χ1n) is 7.14. The van der Waals surface area contributed by atoms with Gasteiger partial charge in [-0.3, -0.25) is 0 Å². The molecule has 0 nitrogen and oxygen atoms in total. The van der Waals surface area contributed by atoms with Gasteiger partial charge in [-0.15, -0.1) is 51.4 Å². The molecule has 0 fully saturated rings. The van der Waals surface area contributed by atoms with Crippen LogP contribution in [0.15, 0.2) is 66.7 Å². The normalized spacial score (nSPS) is 3.76. The Hall–Kier alpha value is 42.7. The van der Waals surface area contributed by atoms with Crippen molar-refractivity contribution in [2.24, 2.45) is 0 Å². The maximum absolute atomic E-state index is 3.53. The van der Waals surface area contributed by atoms with E-state index >= 15 is 0 Å². The second-order valence-electron chi connectivity index (χ2n) is 5.35. The first-order chi connectivity index (χ1) is 10.3. The van der Waals surface area contributed by atoms with Crippen LogP contribution in [0.4, 0.5) is 0 Å². The summed E-state index contributed by atoms with van der Waals surface area (Å²) in [7, 11) is 0. The molecule has 0 bridgehead atoms. The Morgan fingerprint density at radius 1 is 0.258 bits per heavy atom. The predicted octanol–water partition coefficient (Wildman–Crippen LogP) is 5.47. The Morgan fingerprint density at radius 3 is 0.758 bits per heavy atom. The van der Waals surface area contributed by atoms with Crippen molar-refractivity contribution in [1.29, 1.82) is 0 Å². The summed E-state index contributed by atoms with van der Waals surface area (Å²) in [5.74, 6) is 0. The summed E-state index contributed by atoms with van der Waals surface area (Å²) in [5, 5.41) is 4.96. The van der Waals surface area contributed by atoms with Crippen molar-refractivity contribution in [3.05, 3.63) is 84.4 Å². The summed E-state index contributed by atoms with van der Waals surface area (Å²) in [4.78, 5) is 0. The van der Waals surface area contributed by atoms with Crippen LogP contribution in [0.2, 0.25) is 0 Å². The molecule has 0 unspecified atom stereocenters. The van der Waals surface area contributed by atoms with Gasteiger partial charge < -0.3 is 0 Å². The van der Waals surface area contributed by atoms with Crippen LogP contribution < -0.4 is 0 Å². The van der Waals surface area contributed by atoms with Crippen molar-refractivity contribution >= 4 is 21.5 Å². The van der Waals surface area contributed by atoms with E-state index < -0.39 is 0 Å². The standard InChI is InChI=1S/C21H14.41Y/c1-15-13-17-8-3-5-11-19(17)21(14-15)20-12-6-9-16-7-2-4-10-18(16)20;;;;;;;;;;;;;;;;;;;;;;;;;;;;;;;;;;;;;;;;;/h2-11,13H,1H3;;;;;;;;;;;;;;;;;;;;;;;;;;;;;;;;;;;;;;;;;/q-2;;;;;;;;;;;;;;;;;;;;;;;;;;;;;;;;;;;;;;;;;. The molecule has 4 aromatic carbocycles. The van der Waals surface area contributed by atoms with E-state index in [1.807, 2.05) is 6.07 Å². The van der Waals surface area contributed by atoms with Crippen molar-refractivity contribution in [1.82, 2.24) is 0 Å². The van der Waals surface area contributed by atoms with E-state index in [1.165, 1.54) is 21.5 Å². The molecule has 0 spiro atoms. The summed E-state index contributed by atoms with van der Waals surface area (Å²) >= 11 is 0. The fourth-order valence-electron chi connectivity index (χ4n) is 2.95. The van der Waals surface area contributed by atoms with Crippen molar-refractivity contribution in [3.63, 3.8) is 0 Å². The van der Waals surface area contributed by atoms with Gasteiger partial charge in [-0.05, 0) is 0 Å². The van der Waals surface area contributed by atoms with E-state index in [0.717, 1.165) is 16.7 Å². The zero-order chi connectivity index (χ0) is 14.2. The SMILES string of the molecule is Cc1[c-]c(-c2[c-]ccc3ccccc23)c2ccccc2c1.[Y].[Y].[Y].[Y].[Y].[Y].[Y].[Y].[Y].[Y].[Y].[Y].[Y].[Y].[Y].[Y].[Y].[Y].[Y].[Y].[Y].[Y].[Y].[Y].[Y].[Y].[Y].[Y].[Y].[Y].[Y].[Y].[Y].[Y].[Y].[Y].[Y].[Y].[Y].[Y].[Y]. The van der Waals surface area contributed by atoms with Gasteiger partial charge in [-0.2, -0.15) is 18.2 Å². The van der Waals surface area contributed by atoms with Crippen molar-refractivity contribution in [2.45, 2.75) is 6.92 Å². The van der Waals surface area contributed by atoms with E-state index in [0.29, 0.717) is 0 Å². The number of rotatable bonds is 1. The number of fused-ring (bicyclic) bond motifs is 2. The molecule has 0 saturated carbocycles. The number of hydrogen-bond donors (Lipinski definition) is 0. The molecule has 0 aliphatic heterocycles. The minimum Gasteiger partial charge on any atom is -0.218 e. The summed E-state index contributed by atoms with van der Waals surface area (Å²) < 4.78 is 0. The third-order valence-electron chi connectivity index (χ3n) is 3.89. The summed E-state index contributed by atoms with van der Waals surface area (Å²) in [5.41, 5.74) is 3.43. The van der Waals surface area contributed by atoms with Gasteiger partial charge in [0, 0.05) is 1340 Å². The average molecular weight is 3910 g/mol. The van der Waals surface area contributed by atoms with Gasteiger partial charge in [0.25, 0.3) is 0 Å². The number of hydrogen-bond acceptors (Lipinski definition) is 0. The fraction of sp³-hybridized carbons (Fsp3) is 0.0476. The topological polar surface area (TPSA) is 0 Å². The molecule has 4 rings (SSSR count). The first kappa shape index (κ1) is 253. The summed E-state index contributed by atoms with van der Waals surface area (Å²) in [6, 6.07) is 30.2. The third kappa shape index (κ3) is 129. The predicted molar refractivity (Wildman–Crippen MR) is 89.3 cm³/mol. The van der Waals surface area contributed by atoms with Gasteiger partial charge in [0.1, 0.15) is 0 Å². The molecule has 223 valence electrons. The molecule has 0 N–H and O–H groups in total. The molecule has 62 heavy (non-hydrogen) atoms. The molecule has 0 atom stereocenters. The molecule has 0 aliphatic rings. The van der Waals surface area contributed by atoms with E-state index in [2.05, 4.69) is 79.7 Å². The Labute approximate surface area is 1410 Å². The number of benzene rings is 4. The fourth-order valence-corrected chi connectivity index (χ4v) is 2.95. The van der Waals surface area contributed by atoms with E-state index in [9.17, 15) is 0 Å². The maximum atomic E-state index is 3.53. The second kappa shape index (κ2) is 186. The van der Waals surface area contributed by atoms with Gasteiger partial charge in [-0.1, -0.05) is 43.3 Å². The Balaban J connectivity index is -0.00000000390. The van der Waals surface area contributed by atoms with Gasteiger partial charge >= 0.3 is 0 Å². The van der Waals surface area contributed by atoms with E-state index in [-0.39, 0.29) is 1340 Å². The summed E-state index contributed by atoms with van der Waals surface area (Å²) in [6.07, 6.45) is 0. The quantitative estimate of drug-likeness (QED) is 0.223. The summed E-state index contributed by atoms with van der Waals surface area (Å²) in [6.45, 7) is 2.10. The molecular weight excluding hydrogens is 3900 g/mol. The smallest absolute Gasteiger partial charge is 0 e. The van der Waals surface area contributed by atoms with Gasteiger partial charge in [0.15, 0.2) is 0 Å². The van der Waals surface area contributed by atoms with Crippen LogP contribution in [-0.2, 0) is 1340 Å². The van der Waals surface area contributed by atoms with Crippen LogP contribution in [0.1, 0.15) is 5.56 Å². The second-order valence-corrected chi connectivity index (χ2v) is 5.35. The minimum atomic E-state index is 0. The zero-order valence-electron chi connectivity index (χ0n) is 35.5. The van der Waals surface area contributed by atoms with Crippen LogP contribution in [0.5, 0.6) is 0 Å². The van der Waals surface area contributed by atoms with Crippen molar-refractivity contribution in [2.75, 3.05) is 0 Å². The van der Waals surface area contributed by atoms with Crippen molar-refractivity contribution < 1.29 is 1340 Å². The van der Waals surface area contributed by atoms with Crippen LogP contribution in [0.3, 0.4) is 0 Å². The van der Waals surface area contributed by atoms with Gasteiger partial charge in [0.05, 0.1) is 0 Å². The molecule has 0 aliphatic carbocycles. The molecule has 0 amide bonds. The molecule has 0 aromatic heterocycles. The maximum Gasteiger partial charge on any atom is 0 e. The van der Waals surface area contributed by atoms with Crippen LogP contribution >= 0.6 is 0 Å². The average Bonchev–Trinajstić information content (AvgIpc) is 2.53. The Morgan fingerprint density at radius 2 is 0.484 bits per heavy atom. The Bertz CT molecular complexity index is 1000. The van der Waals surface area contributed by atoms with E-state index in [4.69, 9.17) is 0 Å². The molecular formula is C21H14Y41-2. The Kier molecular flexibility index (Phi) is 759. The van der Waals surface area contributed by atoms with Crippen LogP contribution in [0, 0.1) is 19.1 Å². The number of aryl methyl sites for hydroxylation is 1. The molecule has 41 heteroatoms. The zero-order valence-corrected chi connectivity index (χ0v) is 152. The monoisotopic (exact) mass is 3910 g/mol. The largest absolute Gasteiger partial charge is 0.218 e. The van der Waals surface area contributed by atoms with Gasteiger partial charge in [-0.25, -0.2) is 11.1 Å². The minimum absolute atomic E-state index is 0. The molecule has 4 aromatic rings. The van der Waals surface area contributed by atoms with Gasteiger partial charge in [0.2, 0.25) is 0 Å². The van der Waals surface area contributed by atoms with Crippen LogP contribution in [-0.4, -0.2) is 0 Å². The first-order valence-corrected chi connectivity index (χ1v) is 7.14.